The van der Waals surface area contributed by atoms with E-state index in [1.807, 2.05) is 6.07 Å². The van der Waals surface area contributed by atoms with Crippen LogP contribution in [0.15, 0.2) is 53.1 Å². The van der Waals surface area contributed by atoms with Gasteiger partial charge in [0.25, 0.3) is 5.91 Å². The van der Waals surface area contributed by atoms with Crippen LogP contribution in [0.1, 0.15) is 37.0 Å². The van der Waals surface area contributed by atoms with Crippen LogP contribution in [-0.2, 0) is 22.7 Å². The lowest BCUT2D eigenvalue weighted by atomic mass is 10.0. The number of rotatable bonds is 8. The lowest BCUT2D eigenvalue weighted by Crippen LogP contribution is -2.44. The summed E-state index contributed by atoms with van der Waals surface area (Å²) >= 11 is 0. The summed E-state index contributed by atoms with van der Waals surface area (Å²) in [6, 6.07) is 12.9. The fourth-order valence-corrected chi connectivity index (χ4v) is 4.13. The molecule has 164 valence electrons. The number of piperidine rings is 1. The van der Waals surface area contributed by atoms with Gasteiger partial charge in [0.05, 0.1) is 12.8 Å². The van der Waals surface area contributed by atoms with Gasteiger partial charge in [-0.3, -0.25) is 19.4 Å². The molecule has 2 aliphatic heterocycles. The summed E-state index contributed by atoms with van der Waals surface area (Å²) in [5.74, 6) is 0.150. The normalized spacial score (nSPS) is 20.1. The van der Waals surface area contributed by atoms with Crippen LogP contribution < -0.4 is 10.6 Å². The number of likely N-dealkylation sites (tertiary alicyclic amines) is 1. The van der Waals surface area contributed by atoms with Crippen molar-refractivity contribution < 1.29 is 18.8 Å². The van der Waals surface area contributed by atoms with E-state index in [-0.39, 0.29) is 37.2 Å². The number of amides is 4. The van der Waals surface area contributed by atoms with Gasteiger partial charge in [-0.25, -0.2) is 4.79 Å². The predicted octanol–water partition coefficient (Wildman–Crippen LogP) is 2.26. The molecule has 0 bridgehead atoms. The smallest absolute Gasteiger partial charge is 0.325 e. The number of hydrogen-bond acceptors (Lipinski definition) is 5. The van der Waals surface area contributed by atoms with E-state index in [4.69, 9.17) is 4.42 Å². The van der Waals surface area contributed by atoms with E-state index in [1.54, 1.807) is 12.1 Å². The molecule has 4 rings (SSSR count). The first-order valence-electron chi connectivity index (χ1n) is 10.8. The Kier molecular flexibility index (Phi) is 6.66. The number of urea groups is 1. The Labute approximate surface area is 181 Å². The number of nitrogens with one attached hydrogen (secondary N) is 2. The third kappa shape index (κ3) is 5.52. The van der Waals surface area contributed by atoms with Gasteiger partial charge in [-0.15, -0.1) is 0 Å². The van der Waals surface area contributed by atoms with E-state index in [0.717, 1.165) is 37.4 Å². The molecular formula is C23H28N4O4. The molecule has 1 atom stereocenters. The fraction of sp³-hybridized carbons (Fsp3) is 0.435. The predicted molar refractivity (Wildman–Crippen MR) is 114 cm³/mol. The van der Waals surface area contributed by atoms with Gasteiger partial charge in [0.2, 0.25) is 5.91 Å². The van der Waals surface area contributed by atoms with Crippen molar-refractivity contribution in [2.24, 2.45) is 0 Å². The molecule has 8 nitrogen and oxygen atoms in total. The van der Waals surface area contributed by atoms with Crippen molar-refractivity contribution in [1.82, 2.24) is 20.4 Å². The van der Waals surface area contributed by atoms with Crippen molar-refractivity contribution in [3.8, 4) is 0 Å². The molecule has 2 N–H and O–H groups in total. The van der Waals surface area contributed by atoms with Crippen LogP contribution in [0.2, 0.25) is 0 Å². The first-order chi connectivity index (χ1) is 15.1. The summed E-state index contributed by atoms with van der Waals surface area (Å²) in [6.45, 7) is 2.92. The molecule has 31 heavy (non-hydrogen) atoms. The van der Waals surface area contributed by atoms with Crippen molar-refractivity contribution in [2.45, 2.75) is 50.9 Å². The maximum absolute atomic E-state index is 12.5. The van der Waals surface area contributed by atoms with E-state index in [0.29, 0.717) is 5.76 Å². The number of hydrogen-bond donors (Lipinski definition) is 2. The number of carbonyl (C=O) groups excluding carboxylic acids is 3. The average molecular weight is 425 g/mol. The van der Waals surface area contributed by atoms with Crippen LogP contribution in [0.25, 0.3) is 0 Å². The zero-order chi connectivity index (χ0) is 21.6. The van der Waals surface area contributed by atoms with Gasteiger partial charge in [0.1, 0.15) is 11.8 Å². The minimum Gasteiger partial charge on any atom is -0.467 e. The van der Waals surface area contributed by atoms with Crippen molar-refractivity contribution >= 4 is 17.8 Å². The van der Waals surface area contributed by atoms with E-state index < -0.39 is 12.1 Å². The molecule has 4 amide bonds. The van der Waals surface area contributed by atoms with Gasteiger partial charge >= 0.3 is 6.03 Å². The Hall–Kier alpha value is -3.13. The lowest BCUT2D eigenvalue weighted by Gasteiger charge is -2.32. The quantitative estimate of drug-likeness (QED) is 0.634. The highest BCUT2D eigenvalue weighted by molar-refractivity contribution is 6.04. The Morgan fingerprint density at radius 3 is 2.55 bits per heavy atom. The van der Waals surface area contributed by atoms with Crippen LogP contribution in [0.3, 0.4) is 0 Å². The van der Waals surface area contributed by atoms with Crippen molar-refractivity contribution in [1.29, 1.82) is 0 Å². The number of nitrogens with zero attached hydrogens (tertiary/aromatic N) is 2. The Morgan fingerprint density at radius 1 is 1.06 bits per heavy atom. The maximum Gasteiger partial charge on any atom is 0.325 e. The van der Waals surface area contributed by atoms with Gasteiger partial charge in [0.15, 0.2) is 0 Å². The molecule has 0 spiro atoms. The number of furan rings is 1. The summed E-state index contributed by atoms with van der Waals surface area (Å²) in [4.78, 5) is 40.5. The number of carbonyl (C=O) groups is 3. The van der Waals surface area contributed by atoms with Crippen LogP contribution >= 0.6 is 0 Å². The second-order valence-corrected chi connectivity index (χ2v) is 8.15. The van der Waals surface area contributed by atoms with Crippen molar-refractivity contribution in [2.75, 3.05) is 13.1 Å². The topological polar surface area (TPSA) is 94.9 Å². The van der Waals surface area contributed by atoms with E-state index in [2.05, 4.69) is 39.8 Å². The zero-order valence-corrected chi connectivity index (χ0v) is 17.5. The molecule has 1 aromatic heterocycles. The molecular weight excluding hydrogens is 396 g/mol. The summed E-state index contributed by atoms with van der Waals surface area (Å²) < 4.78 is 5.21. The third-order valence-corrected chi connectivity index (χ3v) is 5.86. The second-order valence-electron chi connectivity index (χ2n) is 8.15. The number of benzene rings is 1. The number of imide groups is 1. The van der Waals surface area contributed by atoms with Gasteiger partial charge in [-0.1, -0.05) is 30.3 Å². The van der Waals surface area contributed by atoms with E-state index in [1.165, 1.54) is 11.8 Å². The largest absolute Gasteiger partial charge is 0.467 e. The Bertz CT molecular complexity index is 892. The van der Waals surface area contributed by atoms with Crippen LogP contribution in [0.4, 0.5) is 4.79 Å². The standard InChI is InChI=1S/C23H28N4O4/c28-21(24-18-10-12-26(13-11-18)15-17-5-2-1-3-6-17)9-8-20-22(29)27(23(30)25-20)16-19-7-4-14-31-19/h1-7,14,18,20H,8-13,15-16H2,(H,24,28)(H,25,30)/t20-/m0/s1. The SMILES string of the molecule is O=C(CC[C@@H]1NC(=O)N(Cc2ccco2)C1=O)NC1CCN(Cc2ccccc2)CC1. The molecule has 0 radical (unpaired) electrons. The molecule has 2 fully saturated rings. The minimum atomic E-state index is -0.666. The average Bonchev–Trinajstić information content (AvgIpc) is 3.38. The van der Waals surface area contributed by atoms with E-state index >= 15 is 0 Å². The maximum atomic E-state index is 12.5. The monoisotopic (exact) mass is 424 g/mol. The first kappa shape index (κ1) is 21.1. The fourth-order valence-electron chi connectivity index (χ4n) is 4.13. The Morgan fingerprint density at radius 2 is 1.84 bits per heavy atom. The van der Waals surface area contributed by atoms with Crippen molar-refractivity contribution in [3.05, 3.63) is 60.1 Å². The molecule has 2 saturated heterocycles. The van der Waals surface area contributed by atoms with Crippen LogP contribution in [0.5, 0.6) is 0 Å². The third-order valence-electron chi connectivity index (χ3n) is 5.86. The molecule has 2 aromatic rings. The molecule has 8 heteroatoms. The minimum absolute atomic E-state index is 0.0759. The summed E-state index contributed by atoms with van der Waals surface area (Å²) in [5.41, 5.74) is 1.30. The van der Waals surface area contributed by atoms with Crippen LogP contribution in [0, 0.1) is 0 Å². The van der Waals surface area contributed by atoms with Gasteiger partial charge in [-0.2, -0.15) is 0 Å². The van der Waals surface area contributed by atoms with Crippen molar-refractivity contribution in [3.63, 3.8) is 0 Å². The summed E-state index contributed by atoms with van der Waals surface area (Å²) in [7, 11) is 0. The molecule has 2 aliphatic rings. The highest BCUT2D eigenvalue weighted by atomic mass is 16.3. The first-order valence-corrected chi connectivity index (χ1v) is 10.8. The van der Waals surface area contributed by atoms with E-state index in [9.17, 15) is 14.4 Å². The van der Waals surface area contributed by atoms with Gasteiger partial charge in [-0.05, 0) is 37.0 Å². The van der Waals surface area contributed by atoms with Gasteiger partial charge in [0, 0.05) is 32.1 Å². The Balaban J connectivity index is 1.17. The van der Waals surface area contributed by atoms with Gasteiger partial charge < -0.3 is 15.1 Å². The highest BCUT2D eigenvalue weighted by Gasteiger charge is 2.38. The second kappa shape index (κ2) is 9.78. The van der Waals surface area contributed by atoms with Crippen LogP contribution in [-0.4, -0.2) is 52.8 Å². The molecule has 3 heterocycles. The molecule has 0 aliphatic carbocycles. The zero-order valence-electron chi connectivity index (χ0n) is 17.5. The molecule has 1 aromatic carbocycles. The molecule has 0 unspecified atom stereocenters. The molecule has 0 saturated carbocycles. The summed E-state index contributed by atoms with van der Waals surface area (Å²) in [6.07, 6.45) is 3.82. The lowest BCUT2D eigenvalue weighted by molar-refractivity contribution is -0.128. The summed E-state index contributed by atoms with van der Waals surface area (Å²) in [5, 5.41) is 5.75. The highest BCUT2D eigenvalue weighted by Crippen LogP contribution is 2.17.